The number of hydrogen-bond donors (Lipinski definition) is 0. The number of hydrogen-bond acceptors (Lipinski definition) is 6. The highest BCUT2D eigenvalue weighted by Gasteiger charge is 2.34. The third-order valence-electron chi connectivity index (χ3n) is 5.87. The number of carbonyl (C=O) groups is 1. The zero-order chi connectivity index (χ0) is 25.0. The Morgan fingerprint density at radius 2 is 1.69 bits per heavy atom. The second kappa shape index (κ2) is 8.58. The van der Waals surface area contributed by atoms with Crippen LogP contribution in [0.2, 0.25) is 0 Å². The third-order valence-corrected chi connectivity index (χ3v) is 7.39. The van der Waals surface area contributed by atoms with Gasteiger partial charge < -0.3 is 4.90 Å². The summed E-state index contributed by atoms with van der Waals surface area (Å²) in [6.45, 7) is 0.197. The molecule has 0 N–H and O–H groups in total. The molecule has 0 fully saturated rings. The summed E-state index contributed by atoms with van der Waals surface area (Å²) in [4.78, 5) is 45.6. The normalized spacial score (nSPS) is 14.5. The molecular weight excluding hydrogens is 547 g/mol. The molecule has 0 radical (unpaired) electrons. The number of nitrogens with zero attached hydrogens (tertiary/aromatic N) is 4. The van der Waals surface area contributed by atoms with Crippen molar-refractivity contribution in [2.24, 2.45) is 0 Å². The Hall–Kier alpha value is -4.02. The van der Waals surface area contributed by atoms with E-state index < -0.39 is 11.1 Å². The van der Waals surface area contributed by atoms with Crippen LogP contribution < -0.4 is 20.6 Å². The van der Waals surface area contributed by atoms with Gasteiger partial charge in [-0.1, -0.05) is 69.7 Å². The van der Waals surface area contributed by atoms with E-state index in [2.05, 4.69) is 26.0 Å². The van der Waals surface area contributed by atoms with E-state index in [-0.39, 0.29) is 39.0 Å². The molecule has 0 atom stereocenters. The van der Waals surface area contributed by atoms with Gasteiger partial charge in [0.05, 0.1) is 17.8 Å². The molecule has 3 aromatic carbocycles. The lowest BCUT2D eigenvalue weighted by Crippen LogP contribution is -2.32. The molecule has 0 saturated heterocycles. The van der Waals surface area contributed by atoms with Crippen molar-refractivity contribution in [3.63, 3.8) is 0 Å². The van der Waals surface area contributed by atoms with Crippen LogP contribution in [0.15, 0.2) is 86.9 Å². The van der Waals surface area contributed by atoms with Gasteiger partial charge in [-0.3, -0.25) is 14.4 Å². The molecule has 3 heterocycles. The molecule has 5 aromatic rings. The maximum absolute atomic E-state index is 13.7. The molecule has 10 heteroatoms. The lowest BCUT2D eigenvalue weighted by molar-refractivity contribution is -0.113. The van der Waals surface area contributed by atoms with Crippen LogP contribution in [0.25, 0.3) is 21.8 Å². The van der Waals surface area contributed by atoms with Gasteiger partial charge in [-0.15, -0.1) is 0 Å². The number of carbonyl (C=O) groups excluding carboxylic acids is 1. The molecule has 176 valence electrons. The van der Waals surface area contributed by atoms with Crippen molar-refractivity contribution < 1.29 is 9.18 Å². The Labute approximate surface area is 214 Å². The summed E-state index contributed by atoms with van der Waals surface area (Å²) >= 11 is 4.40. The minimum atomic E-state index is -0.558. The Balaban J connectivity index is 1.57. The molecule has 7 nitrogen and oxygen atoms in total. The Kier molecular flexibility index (Phi) is 5.35. The van der Waals surface area contributed by atoms with Crippen molar-refractivity contribution in [3.05, 3.63) is 119 Å². The van der Waals surface area contributed by atoms with Crippen molar-refractivity contribution in [2.45, 2.75) is 6.54 Å². The fourth-order valence-electron chi connectivity index (χ4n) is 4.19. The number of amides is 1. The van der Waals surface area contributed by atoms with E-state index in [4.69, 9.17) is 0 Å². The minimum absolute atomic E-state index is 0.0541. The first-order valence-electron chi connectivity index (χ1n) is 10.8. The van der Waals surface area contributed by atoms with Gasteiger partial charge in [0.2, 0.25) is 4.96 Å². The van der Waals surface area contributed by atoms with Crippen LogP contribution in [0.3, 0.4) is 0 Å². The second-order valence-corrected chi connectivity index (χ2v) is 10.0. The zero-order valence-corrected chi connectivity index (χ0v) is 20.7. The third kappa shape index (κ3) is 3.66. The van der Waals surface area contributed by atoms with Gasteiger partial charge in [-0.05, 0) is 35.9 Å². The molecule has 0 saturated carbocycles. The summed E-state index contributed by atoms with van der Waals surface area (Å²) in [7, 11) is 0. The van der Waals surface area contributed by atoms with Crippen molar-refractivity contribution in [2.75, 3.05) is 4.90 Å². The Bertz CT molecular complexity index is 1850. The Morgan fingerprint density at radius 1 is 0.944 bits per heavy atom. The molecule has 0 spiro atoms. The van der Waals surface area contributed by atoms with Crippen molar-refractivity contribution in [1.29, 1.82) is 0 Å². The average Bonchev–Trinajstić information content (AvgIpc) is 3.32. The van der Waals surface area contributed by atoms with E-state index in [9.17, 15) is 18.8 Å². The van der Waals surface area contributed by atoms with Gasteiger partial charge >= 0.3 is 5.56 Å². The molecule has 2 aromatic heterocycles. The van der Waals surface area contributed by atoms with E-state index in [0.717, 1.165) is 25.9 Å². The van der Waals surface area contributed by atoms with E-state index in [1.807, 2.05) is 12.1 Å². The van der Waals surface area contributed by atoms with Crippen LogP contribution in [0.4, 0.5) is 10.1 Å². The summed E-state index contributed by atoms with van der Waals surface area (Å²) in [6.07, 6.45) is 0. The van der Waals surface area contributed by atoms with Gasteiger partial charge in [0.15, 0.2) is 5.69 Å². The second-order valence-electron chi connectivity index (χ2n) is 8.12. The van der Waals surface area contributed by atoms with Gasteiger partial charge in [0.1, 0.15) is 10.3 Å². The fourth-order valence-corrected chi connectivity index (χ4v) is 5.55. The molecule has 1 aliphatic rings. The standard InChI is InChI=1S/C26H14BrFN4O3S/c27-16-8-11-19-18(12-16)20(24(34)31(19)13-14-6-9-17(28)10-7-14)22-25(35)32-26(36-22)29-23(33)21(30-32)15-4-2-1-3-5-15/h1-12H,13H2. The number of benzene rings is 3. The molecule has 0 unspecified atom stereocenters. The highest BCUT2D eigenvalue weighted by molar-refractivity contribution is 9.10. The van der Waals surface area contributed by atoms with Crippen LogP contribution in [-0.4, -0.2) is 20.5 Å². The molecule has 0 bridgehead atoms. The number of anilines is 1. The number of halogens is 2. The van der Waals surface area contributed by atoms with Crippen LogP contribution in [0.5, 0.6) is 0 Å². The number of thiazole rings is 1. The lowest BCUT2D eigenvalue weighted by atomic mass is 10.1. The van der Waals surface area contributed by atoms with E-state index >= 15 is 0 Å². The molecule has 36 heavy (non-hydrogen) atoms. The van der Waals surface area contributed by atoms with Gasteiger partial charge in [0.25, 0.3) is 11.5 Å². The fraction of sp³-hybridized carbons (Fsp3) is 0.0385. The average molecular weight is 561 g/mol. The van der Waals surface area contributed by atoms with Gasteiger partial charge in [-0.2, -0.15) is 14.6 Å². The topological polar surface area (TPSA) is 84.6 Å². The van der Waals surface area contributed by atoms with Crippen LogP contribution in [0.1, 0.15) is 11.1 Å². The van der Waals surface area contributed by atoms with E-state index in [0.29, 0.717) is 16.8 Å². The van der Waals surface area contributed by atoms with Crippen molar-refractivity contribution >= 4 is 49.4 Å². The molecule has 0 aliphatic carbocycles. The van der Waals surface area contributed by atoms with Crippen LogP contribution in [-0.2, 0) is 11.3 Å². The first kappa shape index (κ1) is 22.4. The highest BCUT2D eigenvalue weighted by Crippen LogP contribution is 2.38. The summed E-state index contributed by atoms with van der Waals surface area (Å²) in [5.74, 6) is -0.740. The zero-order valence-electron chi connectivity index (χ0n) is 18.3. The predicted molar refractivity (Wildman–Crippen MR) is 138 cm³/mol. The van der Waals surface area contributed by atoms with Gasteiger partial charge in [0, 0.05) is 15.6 Å². The summed E-state index contributed by atoms with van der Waals surface area (Å²) in [5.41, 5.74) is 1.66. The Morgan fingerprint density at radius 3 is 2.44 bits per heavy atom. The molecule has 1 aliphatic heterocycles. The maximum Gasteiger partial charge on any atom is 0.300 e. The first-order chi connectivity index (χ1) is 17.4. The molecular formula is C26H14BrFN4O3S. The SMILES string of the molecule is O=C1C(=c2sc3nc(=O)c(-c4ccccc4)nn3c2=O)c2cc(Br)ccc2N1Cc1ccc(F)cc1. The molecule has 6 rings (SSSR count). The summed E-state index contributed by atoms with van der Waals surface area (Å²) < 4.78 is 15.3. The minimum Gasteiger partial charge on any atom is -0.303 e. The lowest BCUT2D eigenvalue weighted by Gasteiger charge is -2.17. The predicted octanol–water partition coefficient (Wildman–Crippen LogP) is 3.54. The largest absolute Gasteiger partial charge is 0.303 e. The monoisotopic (exact) mass is 560 g/mol. The van der Waals surface area contributed by atoms with Crippen LogP contribution in [0, 0.1) is 5.82 Å². The first-order valence-corrected chi connectivity index (χ1v) is 12.4. The van der Waals surface area contributed by atoms with Crippen molar-refractivity contribution in [1.82, 2.24) is 14.6 Å². The van der Waals surface area contributed by atoms with E-state index in [1.165, 1.54) is 12.1 Å². The highest BCUT2D eigenvalue weighted by atomic mass is 79.9. The summed E-state index contributed by atoms with van der Waals surface area (Å²) in [6, 6.07) is 20.0. The van der Waals surface area contributed by atoms with Crippen molar-refractivity contribution in [3.8, 4) is 11.3 Å². The molecule has 1 amide bonds. The summed E-state index contributed by atoms with van der Waals surface area (Å²) in [5, 5.41) is 4.29. The quantitative estimate of drug-likeness (QED) is 0.337. The van der Waals surface area contributed by atoms with Gasteiger partial charge in [-0.25, -0.2) is 4.39 Å². The maximum atomic E-state index is 13.7. The van der Waals surface area contributed by atoms with Crippen LogP contribution >= 0.6 is 27.3 Å². The smallest absolute Gasteiger partial charge is 0.300 e. The van der Waals surface area contributed by atoms with E-state index in [1.54, 1.807) is 53.4 Å². The number of aromatic nitrogens is 3. The number of fused-ring (bicyclic) bond motifs is 2. The number of rotatable bonds is 3.